The lowest BCUT2D eigenvalue weighted by atomic mass is 10.2. The molecule has 0 heterocycles. The van der Waals surface area contributed by atoms with Crippen molar-refractivity contribution in [2.45, 2.75) is 0 Å². The highest BCUT2D eigenvalue weighted by molar-refractivity contribution is 7.95. The van der Waals surface area contributed by atoms with Crippen LogP contribution in [0.4, 0.5) is 5.69 Å². The molecule has 1 aromatic carbocycles. The summed E-state index contributed by atoms with van der Waals surface area (Å²) in [6.07, 6.45) is 0.924. The molecule has 0 saturated heterocycles. The van der Waals surface area contributed by atoms with Gasteiger partial charge in [-0.15, -0.1) is 0 Å². The maximum absolute atomic E-state index is 11.7. The normalized spacial score (nSPS) is 12.1. The highest BCUT2D eigenvalue weighted by Gasteiger charge is 2.17. The van der Waals surface area contributed by atoms with Gasteiger partial charge in [0.25, 0.3) is 0 Å². The van der Waals surface area contributed by atoms with Crippen molar-refractivity contribution in [2.75, 3.05) is 22.5 Å². The molecule has 0 atom stereocenters. The van der Waals surface area contributed by atoms with Crippen LogP contribution in [0.15, 0.2) is 24.3 Å². The van der Waals surface area contributed by atoms with Crippen LogP contribution in [0, 0.1) is 0 Å². The number of carboxylic acid groups (broad SMARTS) is 1. The van der Waals surface area contributed by atoms with E-state index in [1.807, 2.05) is 0 Å². The van der Waals surface area contributed by atoms with E-state index in [4.69, 9.17) is 5.11 Å². The van der Waals surface area contributed by atoms with Gasteiger partial charge in [-0.25, -0.2) is 21.6 Å². The molecule has 0 unspecified atom stereocenters. The molecule has 0 fully saturated rings. The topological polar surface area (TPSA) is 118 Å². The Morgan fingerprint density at radius 3 is 2.26 bits per heavy atom. The van der Waals surface area contributed by atoms with Crippen LogP contribution in [0.25, 0.3) is 0 Å². The van der Waals surface area contributed by atoms with Gasteiger partial charge in [0.15, 0.2) is 0 Å². The highest BCUT2D eigenvalue weighted by Crippen LogP contribution is 2.16. The van der Waals surface area contributed by atoms with Gasteiger partial charge in [-0.3, -0.25) is 4.72 Å². The average molecular weight is 307 g/mol. The van der Waals surface area contributed by atoms with Gasteiger partial charge in [-0.05, 0) is 12.1 Å². The standard InChI is InChI=1S/C10H13NO6S2/c1-18(14,15)6-7-19(16,17)11-9-5-3-2-4-8(9)10(12)13/h2-5,11H,6-7H2,1H3,(H,12,13). The maximum Gasteiger partial charge on any atom is 0.337 e. The number of benzene rings is 1. The number of carbonyl (C=O) groups is 1. The molecule has 19 heavy (non-hydrogen) atoms. The van der Waals surface area contributed by atoms with Crippen LogP contribution in [0.2, 0.25) is 0 Å². The van der Waals surface area contributed by atoms with E-state index in [1.165, 1.54) is 24.3 Å². The summed E-state index contributed by atoms with van der Waals surface area (Å²) in [5, 5.41) is 8.89. The third kappa shape index (κ3) is 5.26. The first-order chi connectivity index (χ1) is 8.61. The molecule has 1 aromatic rings. The number of aromatic carboxylic acids is 1. The van der Waals surface area contributed by atoms with Crippen LogP contribution in [0.5, 0.6) is 0 Å². The largest absolute Gasteiger partial charge is 0.478 e. The Hall–Kier alpha value is -1.61. The molecule has 0 radical (unpaired) electrons. The van der Waals surface area contributed by atoms with E-state index in [2.05, 4.69) is 4.72 Å². The van der Waals surface area contributed by atoms with Crippen molar-refractivity contribution in [1.29, 1.82) is 0 Å². The molecule has 0 bridgehead atoms. The third-order valence-corrected chi connectivity index (χ3v) is 4.62. The predicted molar refractivity (Wildman–Crippen MR) is 70.5 cm³/mol. The zero-order valence-electron chi connectivity index (χ0n) is 10.0. The Bertz CT molecular complexity index is 678. The van der Waals surface area contributed by atoms with Crippen molar-refractivity contribution in [3.05, 3.63) is 29.8 Å². The summed E-state index contributed by atoms with van der Waals surface area (Å²) in [4.78, 5) is 10.9. The number of rotatable bonds is 6. The number of hydrogen-bond donors (Lipinski definition) is 2. The molecule has 9 heteroatoms. The molecule has 0 aliphatic heterocycles. The lowest BCUT2D eigenvalue weighted by Gasteiger charge is -2.09. The second-order valence-corrected chi connectivity index (χ2v) is 8.00. The molecule has 0 aliphatic carbocycles. The van der Waals surface area contributed by atoms with Crippen molar-refractivity contribution >= 4 is 31.5 Å². The number of anilines is 1. The minimum Gasteiger partial charge on any atom is -0.478 e. The maximum atomic E-state index is 11.7. The van der Waals surface area contributed by atoms with Crippen LogP contribution in [0.3, 0.4) is 0 Å². The highest BCUT2D eigenvalue weighted by atomic mass is 32.2. The second-order valence-electron chi connectivity index (χ2n) is 3.90. The SMILES string of the molecule is CS(=O)(=O)CCS(=O)(=O)Nc1ccccc1C(=O)O. The monoisotopic (exact) mass is 307 g/mol. The molecule has 7 nitrogen and oxygen atoms in total. The fourth-order valence-corrected chi connectivity index (χ4v) is 3.94. The predicted octanol–water partition coefficient (Wildman–Crippen LogP) is 0.171. The van der Waals surface area contributed by atoms with E-state index >= 15 is 0 Å². The lowest BCUT2D eigenvalue weighted by Crippen LogP contribution is -2.23. The number of sulfonamides is 1. The van der Waals surface area contributed by atoms with Gasteiger partial charge in [0.05, 0.1) is 22.8 Å². The lowest BCUT2D eigenvalue weighted by molar-refractivity contribution is 0.0698. The summed E-state index contributed by atoms with van der Waals surface area (Å²) < 4.78 is 47.2. The van der Waals surface area contributed by atoms with Crippen LogP contribution < -0.4 is 4.72 Å². The molecular formula is C10H13NO6S2. The van der Waals surface area contributed by atoms with E-state index in [0.29, 0.717) is 0 Å². The zero-order valence-corrected chi connectivity index (χ0v) is 11.7. The first-order valence-corrected chi connectivity index (χ1v) is 8.82. The van der Waals surface area contributed by atoms with E-state index < -0.39 is 37.3 Å². The molecular weight excluding hydrogens is 294 g/mol. The van der Waals surface area contributed by atoms with Crippen molar-refractivity contribution in [1.82, 2.24) is 0 Å². The van der Waals surface area contributed by atoms with Crippen LogP contribution in [0.1, 0.15) is 10.4 Å². The quantitative estimate of drug-likeness (QED) is 0.773. The molecule has 1 rings (SSSR count). The van der Waals surface area contributed by atoms with Crippen molar-refractivity contribution in [2.24, 2.45) is 0 Å². The fraction of sp³-hybridized carbons (Fsp3) is 0.300. The van der Waals surface area contributed by atoms with Crippen LogP contribution >= 0.6 is 0 Å². The van der Waals surface area contributed by atoms with E-state index in [0.717, 1.165) is 6.26 Å². The Kier molecular flexibility index (Phi) is 4.53. The molecule has 0 aliphatic rings. The average Bonchev–Trinajstić information content (AvgIpc) is 2.26. The molecule has 2 N–H and O–H groups in total. The number of nitrogens with one attached hydrogen (secondary N) is 1. The minimum absolute atomic E-state index is 0.0940. The van der Waals surface area contributed by atoms with Gasteiger partial charge in [0.2, 0.25) is 10.0 Å². The van der Waals surface area contributed by atoms with Crippen LogP contribution in [-0.4, -0.2) is 45.7 Å². The van der Waals surface area contributed by atoms with E-state index in [1.54, 1.807) is 0 Å². The van der Waals surface area contributed by atoms with Gasteiger partial charge in [-0.1, -0.05) is 12.1 Å². The summed E-state index contributed by atoms with van der Waals surface area (Å²) in [7, 11) is -7.33. The van der Waals surface area contributed by atoms with E-state index in [-0.39, 0.29) is 11.3 Å². The molecule has 106 valence electrons. The number of carboxylic acids is 1. The molecule has 0 amide bonds. The molecule has 0 saturated carbocycles. The first-order valence-electron chi connectivity index (χ1n) is 5.11. The van der Waals surface area contributed by atoms with Gasteiger partial charge >= 0.3 is 5.97 Å². The van der Waals surface area contributed by atoms with Gasteiger partial charge in [-0.2, -0.15) is 0 Å². The third-order valence-electron chi connectivity index (χ3n) is 2.15. The number of para-hydroxylation sites is 1. The smallest absolute Gasteiger partial charge is 0.337 e. The van der Waals surface area contributed by atoms with E-state index in [9.17, 15) is 21.6 Å². The summed E-state index contributed by atoms with van der Waals surface area (Å²) >= 11 is 0. The Morgan fingerprint density at radius 2 is 1.74 bits per heavy atom. The van der Waals surface area contributed by atoms with Crippen molar-refractivity contribution in [3.63, 3.8) is 0 Å². The number of hydrogen-bond acceptors (Lipinski definition) is 5. The fourth-order valence-electron chi connectivity index (χ4n) is 1.24. The minimum atomic E-state index is -3.92. The second kappa shape index (κ2) is 5.57. The van der Waals surface area contributed by atoms with Gasteiger partial charge < -0.3 is 5.11 Å². The zero-order chi connectivity index (χ0) is 14.7. The van der Waals surface area contributed by atoms with Gasteiger partial charge in [0.1, 0.15) is 9.84 Å². The Labute approximate surface area is 111 Å². The first kappa shape index (κ1) is 15.4. The summed E-state index contributed by atoms with van der Waals surface area (Å²) in [6, 6.07) is 5.47. The number of sulfone groups is 1. The summed E-state index contributed by atoms with van der Waals surface area (Å²) in [5.74, 6) is -2.43. The van der Waals surface area contributed by atoms with Crippen LogP contribution in [-0.2, 0) is 19.9 Å². The summed E-state index contributed by atoms with van der Waals surface area (Å²) in [6.45, 7) is 0. The molecule has 0 spiro atoms. The summed E-state index contributed by atoms with van der Waals surface area (Å²) in [5.41, 5.74) is -0.297. The Balaban J connectivity index is 2.93. The van der Waals surface area contributed by atoms with Crippen molar-refractivity contribution in [3.8, 4) is 0 Å². The van der Waals surface area contributed by atoms with Gasteiger partial charge in [0, 0.05) is 6.26 Å². The molecule has 0 aromatic heterocycles. The Morgan fingerprint density at radius 1 is 1.16 bits per heavy atom. The van der Waals surface area contributed by atoms with Crippen molar-refractivity contribution < 1.29 is 26.7 Å².